The van der Waals surface area contributed by atoms with Crippen molar-refractivity contribution in [2.75, 3.05) is 19.6 Å². The van der Waals surface area contributed by atoms with E-state index in [0.717, 1.165) is 12.8 Å². The second-order valence-electron chi connectivity index (χ2n) is 5.83. The number of hydrogen-bond donors (Lipinski definition) is 3. The van der Waals surface area contributed by atoms with E-state index < -0.39 is 6.03 Å². The lowest BCUT2D eigenvalue weighted by atomic mass is 9.84. The molecule has 4 N–H and O–H groups in total. The fraction of sp³-hybridized carbons (Fsp3) is 0.786. The van der Waals surface area contributed by atoms with Gasteiger partial charge in [0.15, 0.2) is 0 Å². The minimum Gasteiger partial charge on any atom is -0.350 e. The molecular weight excluding hydrogens is 272 g/mol. The molecule has 0 bridgehead atoms. The summed E-state index contributed by atoms with van der Waals surface area (Å²) in [4.78, 5) is 36.1. The molecule has 1 unspecified atom stereocenters. The van der Waals surface area contributed by atoms with Gasteiger partial charge in [0.05, 0.1) is 0 Å². The summed E-state index contributed by atoms with van der Waals surface area (Å²) in [7, 11) is 0. The Morgan fingerprint density at radius 3 is 2.67 bits per heavy atom. The molecule has 21 heavy (non-hydrogen) atoms. The Labute approximate surface area is 124 Å². The lowest BCUT2D eigenvalue weighted by Crippen LogP contribution is -2.54. The minimum atomic E-state index is -0.497. The van der Waals surface area contributed by atoms with Gasteiger partial charge >= 0.3 is 6.03 Å². The van der Waals surface area contributed by atoms with E-state index in [2.05, 4.69) is 10.6 Å². The van der Waals surface area contributed by atoms with Crippen LogP contribution in [0.2, 0.25) is 0 Å². The number of amides is 4. The molecule has 2 rings (SSSR count). The van der Waals surface area contributed by atoms with Crippen LogP contribution in [-0.4, -0.2) is 48.4 Å². The van der Waals surface area contributed by atoms with E-state index in [4.69, 9.17) is 5.73 Å². The summed E-state index contributed by atoms with van der Waals surface area (Å²) in [6.07, 6.45) is 6.06. The average Bonchev–Trinajstić information content (AvgIpc) is 2.48. The van der Waals surface area contributed by atoms with Crippen LogP contribution in [0, 0.1) is 5.92 Å². The second-order valence-corrected chi connectivity index (χ2v) is 5.83. The number of hydrogen-bond acceptors (Lipinski definition) is 4. The lowest BCUT2D eigenvalue weighted by Gasteiger charge is -2.31. The van der Waals surface area contributed by atoms with Crippen molar-refractivity contribution in [1.29, 1.82) is 0 Å². The number of nitrogens with zero attached hydrogens (tertiary/aromatic N) is 1. The van der Waals surface area contributed by atoms with E-state index in [1.54, 1.807) is 0 Å². The van der Waals surface area contributed by atoms with E-state index >= 15 is 0 Å². The first kappa shape index (κ1) is 15.8. The van der Waals surface area contributed by atoms with Crippen LogP contribution >= 0.6 is 0 Å². The smallest absolute Gasteiger partial charge is 0.324 e. The molecule has 1 aliphatic heterocycles. The Kier molecular flexibility index (Phi) is 5.55. The van der Waals surface area contributed by atoms with Gasteiger partial charge < -0.3 is 16.0 Å². The van der Waals surface area contributed by atoms with Crippen LogP contribution in [0.4, 0.5) is 4.79 Å². The normalized spacial score (nSPS) is 21.9. The van der Waals surface area contributed by atoms with E-state index in [1.807, 2.05) is 0 Å². The third kappa shape index (κ3) is 4.42. The Morgan fingerprint density at radius 1 is 1.33 bits per heavy atom. The summed E-state index contributed by atoms with van der Waals surface area (Å²) in [6.45, 7) is 0.679. The second kappa shape index (κ2) is 7.40. The first-order chi connectivity index (χ1) is 10.1. The maximum absolute atomic E-state index is 12.1. The van der Waals surface area contributed by atoms with Crippen LogP contribution in [0.1, 0.15) is 38.5 Å². The van der Waals surface area contributed by atoms with Crippen molar-refractivity contribution < 1.29 is 14.4 Å². The molecular formula is C14H24N4O3. The first-order valence-electron chi connectivity index (χ1n) is 7.68. The number of urea groups is 1. The predicted octanol–water partition coefficient (Wildman–Crippen LogP) is -0.0479. The molecule has 0 spiro atoms. The molecule has 2 fully saturated rings. The zero-order chi connectivity index (χ0) is 15.2. The molecule has 118 valence electrons. The van der Waals surface area contributed by atoms with Gasteiger partial charge in [-0.25, -0.2) is 4.79 Å². The molecule has 4 amide bonds. The van der Waals surface area contributed by atoms with Crippen LogP contribution in [0.3, 0.4) is 0 Å². The molecule has 0 aromatic rings. The molecule has 1 atom stereocenters. The number of carbonyl (C=O) groups is 3. The molecule has 0 aromatic carbocycles. The predicted molar refractivity (Wildman–Crippen MR) is 77.3 cm³/mol. The molecule has 1 saturated carbocycles. The largest absolute Gasteiger partial charge is 0.350 e. The number of nitrogens with one attached hydrogen (secondary N) is 2. The summed E-state index contributed by atoms with van der Waals surface area (Å²) in [5.41, 5.74) is 5.78. The summed E-state index contributed by atoms with van der Waals surface area (Å²) in [5.74, 6) is -0.0660. The molecule has 7 heteroatoms. The van der Waals surface area contributed by atoms with Crippen LogP contribution in [0.15, 0.2) is 0 Å². The number of nitrogens with two attached hydrogens (primary N) is 1. The fourth-order valence-corrected chi connectivity index (χ4v) is 3.08. The number of rotatable bonds is 5. The van der Waals surface area contributed by atoms with Gasteiger partial charge in [0.2, 0.25) is 11.8 Å². The molecule has 1 heterocycles. The Hall–Kier alpha value is -1.63. The summed E-state index contributed by atoms with van der Waals surface area (Å²) in [5, 5.41) is 5.15. The van der Waals surface area contributed by atoms with Gasteiger partial charge in [-0.1, -0.05) is 19.3 Å². The van der Waals surface area contributed by atoms with Gasteiger partial charge in [0.1, 0.15) is 6.54 Å². The van der Waals surface area contributed by atoms with Gasteiger partial charge in [-0.2, -0.15) is 0 Å². The fourth-order valence-electron chi connectivity index (χ4n) is 3.08. The summed E-state index contributed by atoms with van der Waals surface area (Å²) < 4.78 is 0. The van der Waals surface area contributed by atoms with Gasteiger partial charge in [0, 0.05) is 25.6 Å². The zero-order valence-corrected chi connectivity index (χ0v) is 12.3. The van der Waals surface area contributed by atoms with Crippen LogP contribution < -0.4 is 16.4 Å². The highest BCUT2D eigenvalue weighted by atomic mass is 16.2. The summed E-state index contributed by atoms with van der Waals surface area (Å²) in [6, 6.07) is -0.518. The van der Waals surface area contributed by atoms with Gasteiger partial charge in [-0.05, 0) is 18.8 Å². The lowest BCUT2D eigenvalue weighted by molar-refractivity contribution is -0.125. The van der Waals surface area contributed by atoms with E-state index in [0.29, 0.717) is 12.5 Å². The average molecular weight is 296 g/mol. The zero-order valence-electron chi connectivity index (χ0n) is 12.3. The highest BCUT2D eigenvalue weighted by Crippen LogP contribution is 2.26. The highest BCUT2D eigenvalue weighted by Gasteiger charge is 2.27. The van der Waals surface area contributed by atoms with Crippen molar-refractivity contribution in [2.24, 2.45) is 11.7 Å². The van der Waals surface area contributed by atoms with E-state index in [9.17, 15) is 14.4 Å². The molecule has 2 aliphatic rings. The summed E-state index contributed by atoms with van der Waals surface area (Å²) >= 11 is 0. The van der Waals surface area contributed by atoms with Gasteiger partial charge in [-0.3, -0.25) is 14.9 Å². The van der Waals surface area contributed by atoms with Gasteiger partial charge in [0.25, 0.3) is 0 Å². The van der Waals surface area contributed by atoms with Crippen molar-refractivity contribution in [3.05, 3.63) is 0 Å². The van der Waals surface area contributed by atoms with Crippen LogP contribution in [0.25, 0.3) is 0 Å². The van der Waals surface area contributed by atoms with Crippen molar-refractivity contribution in [1.82, 2.24) is 15.5 Å². The van der Waals surface area contributed by atoms with Crippen molar-refractivity contribution in [3.63, 3.8) is 0 Å². The van der Waals surface area contributed by atoms with E-state index in [-0.39, 0.29) is 37.4 Å². The van der Waals surface area contributed by atoms with Gasteiger partial charge in [-0.15, -0.1) is 0 Å². The number of carbonyl (C=O) groups excluding carboxylic acids is 3. The molecule has 0 aromatic heterocycles. The molecule has 1 saturated heterocycles. The quantitative estimate of drug-likeness (QED) is 0.661. The van der Waals surface area contributed by atoms with Crippen molar-refractivity contribution >= 4 is 17.8 Å². The topological polar surface area (TPSA) is 105 Å². The third-order valence-corrected chi connectivity index (χ3v) is 4.30. The number of imide groups is 1. The maximum Gasteiger partial charge on any atom is 0.324 e. The van der Waals surface area contributed by atoms with Crippen molar-refractivity contribution in [3.8, 4) is 0 Å². The van der Waals surface area contributed by atoms with Crippen LogP contribution in [-0.2, 0) is 9.59 Å². The Balaban J connectivity index is 1.82. The Morgan fingerprint density at radius 2 is 2.05 bits per heavy atom. The Bertz CT molecular complexity index is 407. The third-order valence-electron chi connectivity index (χ3n) is 4.30. The highest BCUT2D eigenvalue weighted by molar-refractivity contribution is 5.98. The molecule has 0 radical (unpaired) electrons. The SMILES string of the molecule is NCC(NC(=O)CN1CCC(=O)NC1=O)C1CCCCC1. The molecule has 7 nitrogen and oxygen atoms in total. The van der Waals surface area contributed by atoms with Crippen molar-refractivity contribution in [2.45, 2.75) is 44.6 Å². The molecule has 1 aliphatic carbocycles. The maximum atomic E-state index is 12.1. The van der Waals surface area contributed by atoms with Crippen LogP contribution in [0.5, 0.6) is 0 Å². The monoisotopic (exact) mass is 296 g/mol. The first-order valence-corrected chi connectivity index (χ1v) is 7.68. The standard InChI is InChI=1S/C14H24N4O3/c15-8-11(10-4-2-1-3-5-10)16-13(20)9-18-7-6-12(19)17-14(18)21/h10-11H,1-9,15H2,(H,16,20)(H,17,19,21). The minimum absolute atomic E-state index is 0.0210. The van der Waals surface area contributed by atoms with E-state index in [1.165, 1.54) is 24.2 Å².